The largest absolute Gasteiger partial charge is 0.386 e. The fourth-order valence-electron chi connectivity index (χ4n) is 0.842. The molecule has 0 saturated heterocycles. The molecule has 0 aliphatic rings. The van der Waals surface area contributed by atoms with Crippen molar-refractivity contribution in [2.24, 2.45) is 0 Å². The van der Waals surface area contributed by atoms with Gasteiger partial charge >= 0.3 is 0 Å². The van der Waals surface area contributed by atoms with Gasteiger partial charge in [-0.05, 0) is 5.56 Å². The number of hydrogen-bond donors (Lipinski definition) is 2. The van der Waals surface area contributed by atoms with Gasteiger partial charge in [-0.2, -0.15) is 0 Å². The van der Waals surface area contributed by atoms with Crippen LogP contribution < -0.4 is 0 Å². The summed E-state index contributed by atoms with van der Waals surface area (Å²) in [6, 6.07) is 9.02. The van der Waals surface area contributed by atoms with E-state index in [0.717, 1.165) is 5.56 Å². The molecule has 3 heteroatoms. The first-order valence-electron chi connectivity index (χ1n) is 3.34. The van der Waals surface area contributed by atoms with Gasteiger partial charge < -0.3 is 5.11 Å². The Labute approximate surface area is 64.8 Å². The molecule has 0 aliphatic carbocycles. The molecule has 1 unspecified atom stereocenters. The van der Waals surface area contributed by atoms with E-state index in [2.05, 4.69) is 4.89 Å². The van der Waals surface area contributed by atoms with Gasteiger partial charge in [0.05, 0.1) is 0 Å². The number of benzene rings is 1. The summed E-state index contributed by atoms with van der Waals surface area (Å²) in [7, 11) is 0. The maximum absolute atomic E-state index is 9.24. The highest BCUT2D eigenvalue weighted by atomic mass is 17.1. The van der Waals surface area contributed by atoms with Crippen LogP contribution in [0.4, 0.5) is 0 Å². The van der Waals surface area contributed by atoms with Crippen LogP contribution in [-0.4, -0.2) is 17.0 Å². The monoisotopic (exact) mass is 154 g/mol. The molecule has 0 saturated carbocycles. The number of hydrogen-bond acceptors (Lipinski definition) is 3. The minimum absolute atomic E-state index is 0.0932. The minimum atomic E-state index is -0.749. The average molecular weight is 154 g/mol. The fraction of sp³-hybridized carbons (Fsp3) is 0.250. The van der Waals surface area contributed by atoms with E-state index < -0.39 is 6.10 Å². The van der Waals surface area contributed by atoms with Crippen LogP contribution in [0, 0.1) is 0 Å². The summed E-state index contributed by atoms with van der Waals surface area (Å²) in [5, 5.41) is 17.3. The smallest absolute Gasteiger partial charge is 0.112 e. The Hall–Kier alpha value is -0.900. The lowest BCUT2D eigenvalue weighted by Crippen LogP contribution is -2.04. The van der Waals surface area contributed by atoms with E-state index in [4.69, 9.17) is 5.26 Å². The van der Waals surface area contributed by atoms with E-state index in [1.165, 1.54) is 0 Å². The van der Waals surface area contributed by atoms with Gasteiger partial charge in [-0.15, -0.1) is 0 Å². The Morgan fingerprint density at radius 2 is 1.91 bits per heavy atom. The summed E-state index contributed by atoms with van der Waals surface area (Å²) in [6.45, 7) is -0.0932. The molecular formula is C8H10O3. The van der Waals surface area contributed by atoms with Crippen molar-refractivity contribution in [3.8, 4) is 0 Å². The lowest BCUT2D eigenvalue weighted by Gasteiger charge is -2.06. The maximum Gasteiger partial charge on any atom is 0.112 e. The summed E-state index contributed by atoms with van der Waals surface area (Å²) in [6.07, 6.45) is -0.749. The van der Waals surface area contributed by atoms with E-state index in [1.54, 1.807) is 12.1 Å². The Morgan fingerprint density at radius 1 is 1.27 bits per heavy atom. The first-order valence-corrected chi connectivity index (χ1v) is 3.34. The number of aliphatic hydroxyl groups is 1. The predicted molar refractivity (Wildman–Crippen MR) is 40.0 cm³/mol. The van der Waals surface area contributed by atoms with Crippen LogP contribution in [-0.2, 0) is 4.89 Å². The zero-order valence-corrected chi connectivity index (χ0v) is 5.97. The summed E-state index contributed by atoms with van der Waals surface area (Å²) in [5.74, 6) is 0. The molecule has 0 heterocycles. The highest BCUT2D eigenvalue weighted by molar-refractivity contribution is 5.17. The Bertz CT molecular complexity index is 198. The summed E-state index contributed by atoms with van der Waals surface area (Å²) < 4.78 is 0. The van der Waals surface area contributed by atoms with E-state index in [9.17, 15) is 5.11 Å². The van der Waals surface area contributed by atoms with Crippen molar-refractivity contribution < 1.29 is 15.3 Å². The second kappa shape index (κ2) is 4.08. The van der Waals surface area contributed by atoms with Gasteiger partial charge in [0, 0.05) is 0 Å². The van der Waals surface area contributed by atoms with E-state index in [0.29, 0.717) is 0 Å². The number of aliphatic hydroxyl groups excluding tert-OH is 1. The van der Waals surface area contributed by atoms with Gasteiger partial charge in [-0.25, -0.2) is 4.89 Å². The lowest BCUT2D eigenvalue weighted by atomic mass is 10.1. The zero-order chi connectivity index (χ0) is 8.10. The molecule has 0 bridgehead atoms. The van der Waals surface area contributed by atoms with Gasteiger partial charge in [-0.1, -0.05) is 30.3 Å². The molecule has 3 nitrogen and oxygen atoms in total. The average Bonchev–Trinajstić information content (AvgIpc) is 2.07. The molecule has 11 heavy (non-hydrogen) atoms. The lowest BCUT2D eigenvalue weighted by molar-refractivity contribution is -0.257. The van der Waals surface area contributed by atoms with Crippen molar-refractivity contribution >= 4 is 0 Å². The van der Waals surface area contributed by atoms with Gasteiger partial charge in [0.1, 0.15) is 12.7 Å². The molecule has 0 radical (unpaired) electrons. The molecule has 1 aromatic carbocycles. The second-order valence-electron chi connectivity index (χ2n) is 2.22. The maximum atomic E-state index is 9.24. The molecular weight excluding hydrogens is 144 g/mol. The fourth-order valence-corrected chi connectivity index (χ4v) is 0.842. The minimum Gasteiger partial charge on any atom is -0.386 e. The van der Waals surface area contributed by atoms with Crippen LogP contribution in [0.3, 0.4) is 0 Å². The Kier molecular flexibility index (Phi) is 3.04. The van der Waals surface area contributed by atoms with Crippen LogP contribution in [0.15, 0.2) is 30.3 Å². The van der Waals surface area contributed by atoms with Crippen molar-refractivity contribution in [2.75, 3.05) is 6.61 Å². The SMILES string of the molecule is OOCC(O)c1ccccc1. The van der Waals surface area contributed by atoms with Crippen molar-refractivity contribution in [2.45, 2.75) is 6.10 Å². The summed E-state index contributed by atoms with van der Waals surface area (Å²) in [4.78, 5) is 3.81. The van der Waals surface area contributed by atoms with Gasteiger partial charge in [0.25, 0.3) is 0 Å². The molecule has 60 valence electrons. The van der Waals surface area contributed by atoms with Crippen molar-refractivity contribution in [3.05, 3.63) is 35.9 Å². The first kappa shape index (κ1) is 8.20. The molecule has 1 rings (SSSR count). The van der Waals surface area contributed by atoms with Crippen LogP contribution >= 0.6 is 0 Å². The summed E-state index contributed by atoms with van der Waals surface area (Å²) >= 11 is 0. The standard InChI is InChI=1S/C8H10O3/c9-8(6-11-10)7-4-2-1-3-5-7/h1-5,8-10H,6H2. The molecule has 0 aromatic heterocycles. The predicted octanol–water partition coefficient (Wildman–Crippen LogP) is 1.21. The highest BCUT2D eigenvalue weighted by Crippen LogP contribution is 2.10. The molecule has 0 spiro atoms. The highest BCUT2D eigenvalue weighted by Gasteiger charge is 2.05. The van der Waals surface area contributed by atoms with Crippen molar-refractivity contribution in [1.29, 1.82) is 0 Å². The van der Waals surface area contributed by atoms with Crippen LogP contribution in [0.5, 0.6) is 0 Å². The van der Waals surface area contributed by atoms with Crippen molar-refractivity contribution in [3.63, 3.8) is 0 Å². The topological polar surface area (TPSA) is 49.7 Å². The Morgan fingerprint density at radius 3 is 2.45 bits per heavy atom. The molecule has 0 aliphatic heterocycles. The number of rotatable bonds is 3. The zero-order valence-electron chi connectivity index (χ0n) is 5.97. The van der Waals surface area contributed by atoms with E-state index in [-0.39, 0.29) is 6.61 Å². The second-order valence-corrected chi connectivity index (χ2v) is 2.22. The molecule has 1 aromatic rings. The van der Waals surface area contributed by atoms with E-state index in [1.807, 2.05) is 18.2 Å². The first-order chi connectivity index (χ1) is 5.34. The third kappa shape index (κ3) is 2.31. The van der Waals surface area contributed by atoms with E-state index >= 15 is 0 Å². The third-order valence-electron chi connectivity index (χ3n) is 1.42. The Balaban J connectivity index is 2.61. The normalized spacial score (nSPS) is 12.9. The molecule has 0 amide bonds. The van der Waals surface area contributed by atoms with Crippen LogP contribution in [0.25, 0.3) is 0 Å². The van der Waals surface area contributed by atoms with Crippen molar-refractivity contribution in [1.82, 2.24) is 0 Å². The summed E-state index contributed by atoms with van der Waals surface area (Å²) in [5.41, 5.74) is 0.738. The van der Waals surface area contributed by atoms with Crippen LogP contribution in [0.2, 0.25) is 0 Å². The molecule has 1 atom stereocenters. The van der Waals surface area contributed by atoms with Gasteiger partial charge in [0.2, 0.25) is 0 Å². The van der Waals surface area contributed by atoms with Crippen LogP contribution in [0.1, 0.15) is 11.7 Å². The molecule has 0 fully saturated rings. The quantitative estimate of drug-likeness (QED) is 0.508. The molecule has 2 N–H and O–H groups in total. The van der Waals surface area contributed by atoms with Gasteiger partial charge in [-0.3, -0.25) is 5.26 Å². The third-order valence-corrected chi connectivity index (χ3v) is 1.42. The van der Waals surface area contributed by atoms with Gasteiger partial charge in [0.15, 0.2) is 0 Å².